The molecule has 0 amide bonds. The van der Waals surface area contributed by atoms with Gasteiger partial charge in [0.1, 0.15) is 28.1 Å². The van der Waals surface area contributed by atoms with Crippen LogP contribution in [0.3, 0.4) is 0 Å². The number of benzene rings is 1. The molecule has 14 heteroatoms. The molecule has 1 saturated heterocycles. The number of fused-ring (bicyclic) bond motifs is 1. The molecule has 0 saturated carbocycles. The van der Waals surface area contributed by atoms with Crippen molar-refractivity contribution in [3.05, 3.63) is 48.3 Å². The zero-order chi connectivity index (χ0) is 31.5. The molecule has 0 spiro atoms. The average molecular weight is 627 g/mol. The van der Waals surface area contributed by atoms with E-state index in [1.165, 1.54) is 20.4 Å². The number of sulfonamides is 1. The molecule has 0 bridgehead atoms. The third kappa shape index (κ3) is 6.78. The van der Waals surface area contributed by atoms with Crippen LogP contribution in [0.2, 0.25) is 0 Å². The van der Waals surface area contributed by atoms with Crippen LogP contribution in [0.4, 0.5) is 0 Å². The van der Waals surface area contributed by atoms with Gasteiger partial charge < -0.3 is 23.7 Å². The highest BCUT2D eigenvalue weighted by atomic mass is 32.2. The summed E-state index contributed by atoms with van der Waals surface area (Å²) in [5, 5.41) is 4.58. The minimum absolute atomic E-state index is 0.0167. The van der Waals surface area contributed by atoms with Gasteiger partial charge in [0.15, 0.2) is 23.4 Å². The number of methoxy groups -OCH3 is 2. The quantitative estimate of drug-likeness (QED) is 0.238. The second-order valence-corrected chi connectivity index (χ2v) is 12.7. The van der Waals surface area contributed by atoms with Gasteiger partial charge in [-0.25, -0.2) is 33.5 Å². The van der Waals surface area contributed by atoms with Crippen LogP contribution in [0.15, 0.2) is 42.6 Å². The molecule has 236 valence electrons. The highest BCUT2D eigenvalue weighted by Crippen LogP contribution is 2.39. The van der Waals surface area contributed by atoms with Gasteiger partial charge in [-0.1, -0.05) is 12.1 Å². The van der Waals surface area contributed by atoms with Crippen molar-refractivity contribution in [2.75, 3.05) is 27.4 Å². The smallest absolute Gasteiger partial charge is 0.217 e. The van der Waals surface area contributed by atoms with E-state index in [0.717, 1.165) is 19.3 Å². The lowest BCUT2D eigenvalue weighted by molar-refractivity contribution is -0.216. The van der Waals surface area contributed by atoms with E-state index in [9.17, 15) is 8.42 Å². The monoisotopic (exact) mass is 626 g/mol. The van der Waals surface area contributed by atoms with Crippen molar-refractivity contribution in [1.29, 1.82) is 0 Å². The molecular formula is C30H38N6O7S. The van der Waals surface area contributed by atoms with E-state index >= 15 is 0 Å². The van der Waals surface area contributed by atoms with Crippen LogP contribution in [-0.2, 0) is 19.5 Å². The van der Waals surface area contributed by atoms with Crippen molar-refractivity contribution in [3.8, 4) is 34.6 Å². The molecule has 2 atom stereocenters. The Hall–Kier alpha value is -3.85. The van der Waals surface area contributed by atoms with Gasteiger partial charge in [-0.3, -0.25) is 4.57 Å². The molecule has 4 aromatic rings. The van der Waals surface area contributed by atoms with Crippen LogP contribution in [-0.4, -0.2) is 72.2 Å². The van der Waals surface area contributed by atoms with Crippen molar-refractivity contribution in [1.82, 2.24) is 24.5 Å². The van der Waals surface area contributed by atoms with Crippen molar-refractivity contribution in [3.63, 3.8) is 0 Å². The zero-order valence-corrected chi connectivity index (χ0v) is 26.3. The lowest BCUT2D eigenvalue weighted by Gasteiger charge is -2.34. The second kappa shape index (κ2) is 13.0. The number of hydrogen-bond donors (Lipinski definition) is 1. The summed E-state index contributed by atoms with van der Waals surface area (Å²) in [5.41, 5.74) is 0.687. The van der Waals surface area contributed by atoms with Gasteiger partial charge in [-0.15, -0.1) is 0 Å². The molecular weight excluding hydrogens is 588 g/mol. The van der Waals surface area contributed by atoms with Crippen molar-refractivity contribution in [2.24, 2.45) is 5.14 Å². The molecule has 0 aliphatic carbocycles. The summed E-state index contributed by atoms with van der Waals surface area (Å²) in [5.74, 6) is 1.70. The van der Waals surface area contributed by atoms with Gasteiger partial charge in [-0.05, 0) is 64.7 Å². The minimum Gasteiger partial charge on any atom is -0.494 e. The Bertz CT molecular complexity index is 1700. The fourth-order valence-electron chi connectivity index (χ4n) is 5.27. The van der Waals surface area contributed by atoms with Gasteiger partial charge in [0.25, 0.3) is 0 Å². The Morgan fingerprint density at radius 2 is 1.80 bits per heavy atom. The van der Waals surface area contributed by atoms with E-state index in [2.05, 4.69) is 9.97 Å². The fourth-order valence-corrected chi connectivity index (χ4v) is 6.35. The van der Waals surface area contributed by atoms with E-state index in [1.54, 1.807) is 41.0 Å². The molecule has 0 radical (unpaired) electrons. The maximum atomic E-state index is 13.1. The van der Waals surface area contributed by atoms with Gasteiger partial charge in [0, 0.05) is 12.7 Å². The first-order valence-electron chi connectivity index (χ1n) is 14.4. The zero-order valence-electron chi connectivity index (χ0n) is 25.5. The number of primary sulfonamides is 1. The van der Waals surface area contributed by atoms with Gasteiger partial charge in [0.05, 0.1) is 38.3 Å². The maximum absolute atomic E-state index is 13.1. The Kier molecular flexibility index (Phi) is 9.34. The molecule has 3 aromatic heterocycles. The van der Waals surface area contributed by atoms with Crippen molar-refractivity contribution in [2.45, 2.75) is 63.6 Å². The lowest BCUT2D eigenvalue weighted by Crippen LogP contribution is -2.38. The number of nitrogens with two attached hydrogens (primary N) is 1. The molecule has 4 heterocycles. The first-order valence-corrected chi connectivity index (χ1v) is 16.0. The third-order valence-electron chi connectivity index (χ3n) is 7.25. The molecule has 1 aromatic carbocycles. The van der Waals surface area contributed by atoms with Gasteiger partial charge >= 0.3 is 0 Å². The molecule has 5 rings (SSSR count). The summed E-state index contributed by atoms with van der Waals surface area (Å²) >= 11 is 0. The molecule has 44 heavy (non-hydrogen) atoms. The van der Waals surface area contributed by atoms with E-state index in [-0.39, 0.29) is 23.4 Å². The topological polar surface area (TPSA) is 163 Å². The predicted octanol–water partition coefficient (Wildman–Crippen LogP) is 4.33. The summed E-state index contributed by atoms with van der Waals surface area (Å²) in [6.45, 7) is 6.53. The number of imidazole rings is 1. The minimum atomic E-state index is -4.15. The molecule has 2 N–H and O–H groups in total. The van der Waals surface area contributed by atoms with Gasteiger partial charge in [0.2, 0.25) is 15.9 Å². The van der Waals surface area contributed by atoms with E-state index in [1.807, 2.05) is 20.8 Å². The number of nitrogens with zero attached hydrogens (tertiary/aromatic N) is 5. The molecule has 1 aliphatic rings. The van der Waals surface area contributed by atoms with E-state index < -0.39 is 27.2 Å². The molecule has 2 unspecified atom stereocenters. The Morgan fingerprint density at radius 1 is 1.07 bits per heavy atom. The standard InChI is InChI=1S/C30H38N6O7S/c1-6-41-24-14-9-11-19(33-24)28-35-27-29(36(28)26-21(39-4)12-10-13-22(26)40-5)34-20(18-32-27)23(44(31,37)38)17-30(2,3)43-25-15-7-8-16-42-25/h9-14,18,23,25H,6-8,15-17H2,1-5H3,(H2,31,37,38). The number of rotatable bonds is 12. The summed E-state index contributed by atoms with van der Waals surface area (Å²) < 4.78 is 56.8. The van der Waals surface area contributed by atoms with Crippen LogP contribution in [0.25, 0.3) is 28.5 Å². The van der Waals surface area contributed by atoms with Crippen molar-refractivity contribution >= 4 is 21.3 Å². The first-order chi connectivity index (χ1) is 21.0. The van der Waals surface area contributed by atoms with Gasteiger partial charge in [-0.2, -0.15) is 0 Å². The Balaban J connectivity index is 1.68. The number of pyridine rings is 1. The van der Waals surface area contributed by atoms with Crippen LogP contribution in [0.1, 0.15) is 57.4 Å². The molecule has 13 nitrogen and oxygen atoms in total. The summed E-state index contributed by atoms with van der Waals surface area (Å²) in [6, 6.07) is 10.7. The average Bonchev–Trinajstić information content (AvgIpc) is 3.38. The maximum Gasteiger partial charge on any atom is 0.217 e. The highest BCUT2D eigenvalue weighted by Gasteiger charge is 2.36. The largest absolute Gasteiger partial charge is 0.494 e. The fraction of sp³-hybridized carbons (Fsp3) is 0.467. The Labute approximate surface area is 256 Å². The SMILES string of the molecule is CCOc1cccc(-c2nc3ncc(C(CC(C)(C)OC4CCCCO4)S(N)(=O)=O)nc3n2-c2c(OC)cccc2OC)n1. The molecule has 1 fully saturated rings. The first kappa shape index (κ1) is 31.6. The summed E-state index contributed by atoms with van der Waals surface area (Å²) in [4.78, 5) is 18.8. The van der Waals surface area contributed by atoms with Crippen LogP contribution < -0.4 is 19.3 Å². The van der Waals surface area contributed by atoms with Crippen LogP contribution in [0, 0.1) is 0 Å². The predicted molar refractivity (Wildman–Crippen MR) is 163 cm³/mol. The number of para-hydroxylation sites is 1. The number of hydrogen-bond acceptors (Lipinski definition) is 11. The summed E-state index contributed by atoms with van der Waals surface area (Å²) in [6.07, 6.45) is 3.65. The summed E-state index contributed by atoms with van der Waals surface area (Å²) in [7, 11) is -1.07. The van der Waals surface area contributed by atoms with Crippen LogP contribution in [0.5, 0.6) is 17.4 Å². The number of aromatic nitrogens is 5. The molecule has 1 aliphatic heterocycles. The number of ether oxygens (including phenoxy) is 5. The van der Waals surface area contributed by atoms with Crippen LogP contribution >= 0.6 is 0 Å². The highest BCUT2D eigenvalue weighted by molar-refractivity contribution is 7.89. The normalized spacial score (nSPS) is 16.5. The third-order valence-corrected chi connectivity index (χ3v) is 8.45. The lowest BCUT2D eigenvalue weighted by atomic mass is 10.0. The van der Waals surface area contributed by atoms with E-state index in [4.69, 9.17) is 38.8 Å². The second-order valence-electron chi connectivity index (χ2n) is 11.0. The van der Waals surface area contributed by atoms with E-state index in [0.29, 0.717) is 47.8 Å². The van der Waals surface area contributed by atoms with Crippen molar-refractivity contribution < 1.29 is 32.1 Å². The Morgan fingerprint density at radius 3 is 2.43 bits per heavy atom.